The summed E-state index contributed by atoms with van der Waals surface area (Å²) in [6.45, 7) is 4.70. The number of aromatic nitrogens is 2. The zero-order chi connectivity index (χ0) is 24.6. The van der Waals surface area contributed by atoms with Crippen LogP contribution in [0.3, 0.4) is 0 Å². The lowest BCUT2D eigenvalue weighted by atomic mass is 9.80. The van der Waals surface area contributed by atoms with Crippen molar-refractivity contribution in [2.45, 2.75) is 12.3 Å². The molecule has 1 spiro atoms. The van der Waals surface area contributed by atoms with Crippen molar-refractivity contribution in [1.29, 1.82) is 0 Å². The van der Waals surface area contributed by atoms with E-state index in [1.165, 1.54) is 11.0 Å². The standard InChI is InChI=1S/C26H28FN5O3/c1-3-28-19-5-7-22(27)20(11-19)18-12-29-25(30-13-18)32-14-26(15-35-16-26)21-6-4-17(10-23(21)32)24(34)31(2)8-9-33/h4-7,10-13,28,33H,3,8-9,14-16H2,1-2H3. The van der Waals surface area contributed by atoms with Crippen LogP contribution in [0.5, 0.6) is 0 Å². The molecule has 2 N–H and O–H groups in total. The van der Waals surface area contributed by atoms with Crippen molar-refractivity contribution >= 4 is 23.2 Å². The number of aliphatic hydroxyl groups excluding tert-OH is 1. The minimum Gasteiger partial charge on any atom is -0.395 e. The van der Waals surface area contributed by atoms with Crippen molar-refractivity contribution in [3.05, 3.63) is 65.7 Å². The van der Waals surface area contributed by atoms with Crippen molar-refractivity contribution in [3.63, 3.8) is 0 Å². The Kier molecular flexibility index (Phi) is 6.12. The van der Waals surface area contributed by atoms with Crippen LogP contribution in [0.25, 0.3) is 11.1 Å². The van der Waals surface area contributed by atoms with Gasteiger partial charge in [0.1, 0.15) is 5.82 Å². The van der Waals surface area contributed by atoms with Crippen LogP contribution in [0.4, 0.5) is 21.7 Å². The van der Waals surface area contributed by atoms with Gasteiger partial charge in [0.25, 0.3) is 5.91 Å². The second-order valence-electron chi connectivity index (χ2n) is 9.04. The molecule has 2 aliphatic heterocycles. The molecule has 2 aromatic carbocycles. The first-order chi connectivity index (χ1) is 17.0. The van der Waals surface area contributed by atoms with Gasteiger partial charge in [0, 0.05) is 67.1 Å². The van der Waals surface area contributed by atoms with Crippen LogP contribution in [0.1, 0.15) is 22.8 Å². The molecular formula is C26H28FN5O3. The molecule has 1 aromatic heterocycles. The molecule has 0 atom stereocenters. The molecule has 35 heavy (non-hydrogen) atoms. The van der Waals surface area contributed by atoms with Crippen LogP contribution in [-0.2, 0) is 10.2 Å². The van der Waals surface area contributed by atoms with Crippen LogP contribution in [-0.4, -0.2) is 72.4 Å². The summed E-state index contributed by atoms with van der Waals surface area (Å²) in [7, 11) is 1.66. The van der Waals surface area contributed by atoms with Crippen LogP contribution in [0.15, 0.2) is 48.8 Å². The monoisotopic (exact) mass is 477 g/mol. The Bertz CT molecular complexity index is 1250. The minimum absolute atomic E-state index is 0.0993. The van der Waals surface area contributed by atoms with Gasteiger partial charge in [0.15, 0.2) is 0 Å². The van der Waals surface area contributed by atoms with E-state index in [9.17, 15) is 14.3 Å². The fourth-order valence-corrected chi connectivity index (χ4v) is 4.72. The number of likely N-dealkylation sites (N-methyl/N-ethyl adjacent to an activating group) is 1. The van der Waals surface area contributed by atoms with Crippen molar-refractivity contribution in [2.24, 2.45) is 0 Å². The largest absolute Gasteiger partial charge is 0.395 e. The first kappa shape index (κ1) is 23.2. The van der Waals surface area contributed by atoms with E-state index in [1.54, 1.807) is 31.6 Å². The van der Waals surface area contributed by atoms with Crippen molar-refractivity contribution < 1.29 is 19.0 Å². The van der Waals surface area contributed by atoms with E-state index in [2.05, 4.69) is 15.3 Å². The van der Waals surface area contributed by atoms with Gasteiger partial charge in [0.05, 0.1) is 25.2 Å². The number of fused-ring (bicyclic) bond motifs is 2. The number of halogens is 1. The lowest BCUT2D eigenvalue weighted by molar-refractivity contribution is -0.0507. The van der Waals surface area contributed by atoms with Gasteiger partial charge in [-0.3, -0.25) is 4.79 Å². The molecule has 2 aliphatic rings. The van der Waals surface area contributed by atoms with Gasteiger partial charge >= 0.3 is 0 Å². The van der Waals surface area contributed by atoms with Crippen LogP contribution >= 0.6 is 0 Å². The Balaban J connectivity index is 1.48. The summed E-state index contributed by atoms with van der Waals surface area (Å²) in [4.78, 5) is 25.5. The number of nitrogens with zero attached hydrogens (tertiary/aromatic N) is 4. The Labute approximate surface area is 203 Å². The van der Waals surface area contributed by atoms with Gasteiger partial charge in [-0.2, -0.15) is 0 Å². The Morgan fingerprint density at radius 3 is 2.66 bits per heavy atom. The first-order valence-electron chi connectivity index (χ1n) is 11.7. The zero-order valence-corrected chi connectivity index (χ0v) is 19.8. The molecule has 8 nitrogen and oxygen atoms in total. The second-order valence-corrected chi connectivity index (χ2v) is 9.04. The highest BCUT2D eigenvalue weighted by atomic mass is 19.1. The average molecular weight is 478 g/mol. The fourth-order valence-electron chi connectivity index (χ4n) is 4.72. The molecule has 0 aliphatic carbocycles. The number of hydrogen-bond acceptors (Lipinski definition) is 7. The summed E-state index contributed by atoms with van der Waals surface area (Å²) in [6.07, 6.45) is 3.25. The molecule has 0 unspecified atom stereocenters. The molecule has 1 saturated heterocycles. The average Bonchev–Trinajstić information content (AvgIpc) is 3.20. The Morgan fingerprint density at radius 2 is 2.00 bits per heavy atom. The molecule has 0 radical (unpaired) electrons. The molecule has 0 bridgehead atoms. The van der Waals surface area contributed by atoms with Crippen molar-refractivity contribution in [1.82, 2.24) is 14.9 Å². The molecule has 9 heteroatoms. The van der Waals surface area contributed by atoms with Crippen LogP contribution < -0.4 is 10.2 Å². The predicted octanol–water partition coefficient (Wildman–Crippen LogP) is 3.20. The maximum absolute atomic E-state index is 14.5. The number of aliphatic hydroxyl groups is 1. The van der Waals surface area contributed by atoms with E-state index in [-0.39, 0.29) is 30.3 Å². The Morgan fingerprint density at radius 1 is 1.23 bits per heavy atom. The van der Waals surface area contributed by atoms with E-state index in [1.807, 2.05) is 30.0 Å². The molecule has 3 heterocycles. The summed E-state index contributed by atoms with van der Waals surface area (Å²) in [5.74, 6) is -0.0227. The Hall–Kier alpha value is -3.56. The second kappa shape index (κ2) is 9.24. The molecular weight excluding hydrogens is 449 g/mol. The molecule has 5 rings (SSSR count). The molecule has 3 aromatic rings. The number of rotatable bonds is 7. The van der Waals surface area contributed by atoms with E-state index in [0.29, 0.717) is 42.4 Å². The summed E-state index contributed by atoms with van der Waals surface area (Å²) in [5.41, 5.74) is 4.17. The highest BCUT2D eigenvalue weighted by Crippen LogP contribution is 2.48. The van der Waals surface area contributed by atoms with Crippen LogP contribution in [0, 0.1) is 5.82 Å². The maximum atomic E-state index is 14.5. The number of hydrogen-bond donors (Lipinski definition) is 2. The van der Waals surface area contributed by atoms with Crippen molar-refractivity contribution in [3.8, 4) is 11.1 Å². The number of amides is 1. The number of carbonyl (C=O) groups is 1. The quantitative estimate of drug-likeness (QED) is 0.540. The lowest BCUT2D eigenvalue weighted by Crippen LogP contribution is -2.49. The SMILES string of the molecule is CCNc1ccc(F)c(-c2cnc(N3CC4(COC4)c4ccc(C(=O)N(C)CCO)cc43)nc2)c1. The van der Waals surface area contributed by atoms with Gasteiger partial charge < -0.3 is 25.0 Å². The fraction of sp³-hybridized carbons (Fsp3) is 0.346. The van der Waals surface area contributed by atoms with Crippen molar-refractivity contribution in [2.75, 3.05) is 56.7 Å². The van der Waals surface area contributed by atoms with Gasteiger partial charge in [-0.1, -0.05) is 6.07 Å². The maximum Gasteiger partial charge on any atom is 0.253 e. The molecule has 0 saturated carbocycles. The number of anilines is 3. The molecule has 1 amide bonds. The number of nitrogens with one attached hydrogen (secondary N) is 1. The lowest BCUT2D eigenvalue weighted by Gasteiger charge is -2.38. The smallest absolute Gasteiger partial charge is 0.253 e. The topological polar surface area (TPSA) is 90.8 Å². The van der Waals surface area contributed by atoms with Gasteiger partial charge in [0.2, 0.25) is 5.95 Å². The van der Waals surface area contributed by atoms with Crippen LogP contribution in [0.2, 0.25) is 0 Å². The first-order valence-corrected chi connectivity index (χ1v) is 11.7. The normalized spacial score (nSPS) is 15.6. The highest BCUT2D eigenvalue weighted by molar-refractivity contribution is 5.96. The molecule has 1 fully saturated rings. The predicted molar refractivity (Wildman–Crippen MR) is 132 cm³/mol. The number of ether oxygens (including phenoxy) is 1. The summed E-state index contributed by atoms with van der Waals surface area (Å²) < 4.78 is 20.1. The molecule has 182 valence electrons. The highest BCUT2D eigenvalue weighted by Gasteiger charge is 2.49. The number of carbonyl (C=O) groups excluding carboxylic acids is 1. The summed E-state index contributed by atoms with van der Waals surface area (Å²) in [5, 5.41) is 12.4. The minimum atomic E-state index is -0.338. The third-order valence-corrected chi connectivity index (χ3v) is 6.64. The zero-order valence-electron chi connectivity index (χ0n) is 19.8. The summed E-state index contributed by atoms with van der Waals surface area (Å²) in [6, 6.07) is 10.6. The van der Waals surface area contributed by atoms with E-state index < -0.39 is 0 Å². The third kappa shape index (κ3) is 4.11. The van der Waals surface area contributed by atoms with Gasteiger partial charge in [-0.25, -0.2) is 14.4 Å². The summed E-state index contributed by atoms with van der Waals surface area (Å²) >= 11 is 0. The van der Waals surface area contributed by atoms with Gasteiger partial charge in [-0.15, -0.1) is 0 Å². The van der Waals surface area contributed by atoms with E-state index >= 15 is 0 Å². The van der Waals surface area contributed by atoms with Gasteiger partial charge in [-0.05, 0) is 42.8 Å². The third-order valence-electron chi connectivity index (χ3n) is 6.64. The number of benzene rings is 2. The van der Waals surface area contributed by atoms with E-state index in [0.717, 1.165) is 23.5 Å². The van der Waals surface area contributed by atoms with E-state index in [4.69, 9.17) is 4.74 Å².